The normalized spacial score (nSPS) is 10.7. The topological polar surface area (TPSA) is 140 Å². The molecule has 0 fully saturated rings. The number of esters is 2. The SMILES string of the molecule is CNS(=O)(=O)CCNC(=O)Nc1cc(C(=O)OC)cc(C(=O)OC)c1. The Morgan fingerprint density at radius 3 is 1.96 bits per heavy atom. The summed E-state index contributed by atoms with van der Waals surface area (Å²) in [6, 6.07) is 3.18. The van der Waals surface area contributed by atoms with Crippen molar-refractivity contribution in [1.29, 1.82) is 0 Å². The molecule has 138 valence electrons. The Morgan fingerprint density at radius 1 is 1.00 bits per heavy atom. The van der Waals surface area contributed by atoms with E-state index in [1.807, 2.05) is 0 Å². The van der Waals surface area contributed by atoms with Crippen molar-refractivity contribution in [2.75, 3.05) is 38.9 Å². The van der Waals surface area contributed by atoms with Gasteiger partial charge in [-0.05, 0) is 25.2 Å². The van der Waals surface area contributed by atoms with E-state index in [1.54, 1.807) is 0 Å². The average molecular weight is 373 g/mol. The zero-order chi connectivity index (χ0) is 19.0. The lowest BCUT2D eigenvalue weighted by atomic mass is 10.1. The molecule has 1 aromatic rings. The van der Waals surface area contributed by atoms with Gasteiger partial charge in [-0.2, -0.15) is 0 Å². The summed E-state index contributed by atoms with van der Waals surface area (Å²) >= 11 is 0. The highest BCUT2D eigenvalue weighted by Gasteiger charge is 2.15. The molecule has 11 heteroatoms. The molecule has 0 spiro atoms. The van der Waals surface area contributed by atoms with Crippen LogP contribution in [-0.2, 0) is 19.5 Å². The third kappa shape index (κ3) is 6.39. The number of urea groups is 1. The van der Waals surface area contributed by atoms with Gasteiger partial charge in [0.05, 0.1) is 31.1 Å². The molecule has 0 aromatic heterocycles. The van der Waals surface area contributed by atoms with E-state index >= 15 is 0 Å². The molecule has 0 bridgehead atoms. The summed E-state index contributed by atoms with van der Waals surface area (Å²) in [5.41, 5.74) is 0.217. The molecule has 1 rings (SSSR count). The molecule has 3 N–H and O–H groups in total. The molecule has 0 radical (unpaired) electrons. The van der Waals surface area contributed by atoms with Gasteiger partial charge in [0.25, 0.3) is 0 Å². The number of ether oxygens (including phenoxy) is 2. The second-order valence-electron chi connectivity index (χ2n) is 4.69. The molecule has 0 aliphatic carbocycles. The zero-order valence-corrected chi connectivity index (χ0v) is 14.7. The van der Waals surface area contributed by atoms with Crippen molar-refractivity contribution in [2.24, 2.45) is 0 Å². The van der Waals surface area contributed by atoms with Crippen LogP contribution in [0.2, 0.25) is 0 Å². The maximum atomic E-state index is 11.8. The monoisotopic (exact) mass is 373 g/mol. The number of anilines is 1. The number of nitrogens with one attached hydrogen (secondary N) is 3. The summed E-state index contributed by atoms with van der Waals surface area (Å²) in [4.78, 5) is 35.1. The maximum Gasteiger partial charge on any atom is 0.337 e. The van der Waals surface area contributed by atoms with Crippen LogP contribution in [-0.4, -0.2) is 60.0 Å². The molecular weight excluding hydrogens is 354 g/mol. The Morgan fingerprint density at radius 2 is 1.52 bits per heavy atom. The van der Waals surface area contributed by atoms with E-state index in [2.05, 4.69) is 24.8 Å². The Balaban J connectivity index is 2.87. The number of carbonyl (C=O) groups excluding carboxylic acids is 3. The van der Waals surface area contributed by atoms with Gasteiger partial charge in [0, 0.05) is 12.2 Å². The highest BCUT2D eigenvalue weighted by Crippen LogP contribution is 2.17. The van der Waals surface area contributed by atoms with Crippen molar-refractivity contribution in [1.82, 2.24) is 10.0 Å². The van der Waals surface area contributed by atoms with Crippen molar-refractivity contribution in [2.45, 2.75) is 0 Å². The number of sulfonamides is 1. The minimum absolute atomic E-state index is 0.0402. The number of hydrogen-bond donors (Lipinski definition) is 3. The first kappa shape index (κ1) is 20.4. The van der Waals surface area contributed by atoms with Gasteiger partial charge >= 0.3 is 18.0 Å². The van der Waals surface area contributed by atoms with Crippen LogP contribution in [0.1, 0.15) is 20.7 Å². The van der Waals surface area contributed by atoms with E-state index in [-0.39, 0.29) is 29.1 Å². The van der Waals surface area contributed by atoms with E-state index in [9.17, 15) is 22.8 Å². The van der Waals surface area contributed by atoms with Crippen molar-refractivity contribution < 1.29 is 32.3 Å². The number of carbonyl (C=O) groups is 3. The largest absolute Gasteiger partial charge is 0.465 e. The van der Waals surface area contributed by atoms with Crippen LogP contribution in [0.3, 0.4) is 0 Å². The van der Waals surface area contributed by atoms with Gasteiger partial charge in [-0.3, -0.25) is 0 Å². The smallest absolute Gasteiger partial charge is 0.337 e. The first-order chi connectivity index (χ1) is 11.7. The summed E-state index contributed by atoms with van der Waals surface area (Å²) < 4.78 is 33.8. The van der Waals surface area contributed by atoms with Crippen LogP contribution in [0.5, 0.6) is 0 Å². The van der Waals surface area contributed by atoms with E-state index in [4.69, 9.17) is 0 Å². The molecule has 10 nitrogen and oxygen atoms in total. The highest BCUT2D eigenvalue weighted by atomic mass is 32.2. The van der Waals surface area contributed by atoms with Gasteiger partial charge in [-0.25, -0.2) is 27.5 Å². The van der Waals surface area contributed by atoms with Crippen molar-refractivity contribution in [3.05, 3.63) is 29.3 Å². The summed E-state index contributed by atoms with van der Waals surface area (Å²) in [5.74, 6) is -1.70. The van der Waals surface area contributed by atoms with Gasteiger partial charge in [-0.15, -0.1) is 0 Å². The van der Waals surface area contributed by atoms with Gasteiger partial charge in [0.2, 0.25) is 10.0 Å². The third-order valence-corrected chi connectivity index (χ3v) is 4.36. The van der Waals surface area contributed by atoms with E-state index < -0.39 is 28.0 Å². The van der Waals surface area contributed by atoms with Gasteiger partial charge in [0.1, 0.15) is 0 Å². The third-order valence-electron chi connectivity index (χ3n) is 3.00. The number of hydrogen-bond acceptors (Lipinski definition) is 7. The van der Waals surface area contributed by atoms with Crippen molar-refractivity contribution in [3.63, 3.8) is 0 Å². The van der Waals surface area contributed by atoms with Gasteiger partial charge in [0.15, 0.2) is 0 Å². The number of amides is 2. The molecule has 2 amide bonds. The minimum Gasteiger partial charge on any atom is -0.465 e. The summed E-state index contributed by atoms with van der Waals surface area (Å²) in [7, 11) is 0.172. The molecule has 0 unspecified atom stereocenters. The van der Waals surface area contributed by atoms with Gasteiger partial charge < -0.3 is 20.1 Å². The number of methoxy groups -OCH3 is 2. The maximum absolute atomic E-state index is 11.8. The zero-order valence-electron chi connectivity index (χ0n) is 13.9. The standard InChI is InChI=1S/C14H19N3O7S/c1-15-25(21,22)5-4-16-14(20)17-11-7-9(12(18)23-2)6-10(8-11)13(19)24-3/h6-8,15H,4-5H2,1-3H3,(H2,16,17,20). The van der Waals surface area contributed by atoms with Gasteiger partial charge in [-0.1, -0.05) is 0 Å². The van der Waals surface area contributed by atoms with E-state index in [0.717, 1.165) is 0 Å². The van der Waals surface area contributed by atoms with Crippen LogP contribution >= 0.6 is 0 Å². The predicted molar refractivity (Wildman–Crippen MR) is 89.0 cm³/mol. The Labute approximate surface area is 144 Å². The van der Waals surface area contributed by atoms with Crippen molar-refractivity contribution >= 4 is 33.7 Å². The lowest BCUT2D eigenvalue weighted by Gasteiger charge is -2.10. The summed E-state index contributed by atoms with van der Waals surface area (Å²) in [5, 5.41) is 4.75. The Hall–Kier alpha value is -2.66. The van der Waals surface area contributed by atoms with Crippen LogP contribution in [0.25, 0.3) is 0 Å². The second-order valence-corrected chi connectivity index (χ2v) is 6.73. The molecule has 25 heavy (non-hydrogen) atoms. The fourth-order valence-electron chi connectivity index (χ4n) is 1.75. The molecule has 0 aliphatic heterocycles. The van der Waals surface area contributed by atoms with Crippen LogP contribution in [0.4, 0.5) is 10.5 Å². The van der Waals surface area contributed by atoms with E-state index in [0.29, 0.717) is 0 Å². The van der Waals surface area contributed by atoms with Crippen LogP contribution in [0.15, 0.2) is 18.2 Å². The van der Waals surface area contributed by atoms with Crippen molar-refractivity contribution in [3.8, 4) is 0 Å². The Kier molecular flexibility index (Phi) is 7.33. The number of benzene rings is 1. The fraction of sp³-hybridized carbons (Fsp3) is 0.357. The molecule has 1 aromatic carbocycles. The fourth-order valence-corrected chi connectivity index (χ4v) is 2.32. The lowest BCUT2D eigenvalue weighted by Crippen LogP contribution is -2.35. The average Bonchev–Trinajstić information content (AvgIpc) is 2.59. The molecule has 0 saturated carbocycles. The predicted octanol–water partition coefficient (Wildman–Crippen LogP) is -0.0695. The first-order valence-electron chi connectivity index (χ1n) is 7.00. The molecule has 0 saturated heterocycles. The molecule has 0 aliphatic rings. The molecule has 0 heterocycles. The second kappa shape index (κ2) is 8.99. The highest BCUT2D eigenvalue weighted by molar-refractivity contribution is 7.89. The van der Waals surface area contributed by atoms with Crippen LogP contribution < -0.4 is 15.4 Å². The summed E-state index contributed by atoms with van der Waals surface area (Å²) in [6.07, 6.45) is 0. The first-order valence-corrected chi connectivity index (χ1v) is 8.65. The molecular formula is C14H19N3O7S. The summed E-state index contributed by atoms with van der Waals surface area (Å²) in [6.45, 7) is -0.129. The van der Waals surface area contributed by atoms with Crippen LogP contribution in [0, 0.1) is 0 Å². The number of rotatable bonds is 7. The Bertz CT molecular complexity index is 727. The van der Waals surface area contributed by atoms with E-state index in [1.165, 1.54) is 39.5 Å². The minimum atomic E-state index is -3.45. The lowest BCUT2D eigenvalue weighted by molar-refractivity contribution is 0.0599. The quantitative estimate of drug-likeness (QED) is 0.568. The molecule has 0 atom stereocenters.